The van der Waals surface area contributed by atoms with E-state index in [4.69, 9.17) is 23.2 Å². The van der Waals surface area contributed by atoms with Crippen LogP contribution in [0, 0.1) is 12.7 Å². The molecule has 0 spiro atoms. The number of hydrogen-bond donors (Lipinski definition) is 0. The van der Waals surface area contributed by atoms with Crippen molar-refractivity contribution in [2.45, 2.75) is 38.5 Å². The van der Waals surface area contributed by atoms with Gasteiger partial charge < -0.3 is 0 Å². The minimum atomic E-state index is -0.251. The molecule has 21 heavy (non-hydrogen) atoms. The summed E-state index contributed by atoms with van der Waals surface area (Å²) in [6, 6.07) is 4.74. The molecule has 0 saturated heterocycles. The van der Waals surface area contributed by atoms with Crippen LogP contribution in [0.3, 0.4) is 0 Å². The Kier molecular flexibility index (Phi) is 4.14. The van der Waals surface area contributed by atoms with Gasteiger partial charge >= 0.3 is 0 Å². The van der Waals surface area contributed by atoms with Crippen LogP contribution in [0.2, 0.25) is 10.3 Å². The summed E-state index contributed by atoms with van der Waals surface area (Å²) in [4.78, 5) is 8.73. The van der Waals surface area contributed by atoms with Gasteiger partial charge in [-0.2, -0.15) is 0 Å². The summed E-state index contributed by atoms with van der Waals surface area (Å²) < 4.78 is 13.3. The number of nitrogens with zero attached hydrogens (tertiary/aromatic N) is 2. The Hall–Kier alpha value is -1.19. The quantitative estimate of drug-likeness (QED) is 0.676. The van der Waals surface area contributed by atoms with Crippen molar-refractivity contribution in [1.82, 2.24) is 9.97 Å². The van der Waals surface area contributed by atoms with Crippen LogP contribution in [0.1, 0.15) is 42.7 Å². The van der Waals surface area contributed by atoms with Crippen molar-refractivity contribution >= 4 is 23.2 Å². The molecular formula is C16H15Cl2FN2. The Morgan fingerprint density at radius 3 is 2.29 bits per heavy atom. The Labute approximate surface area is 133 Å². The van der Waals surface area contributed by atoms with E-state index in [2.05, 4.69) is 9.97 Å². The van der Waals surface area contributed by atoms with Crippen molar-refractivity contribution in [1.29, 1.82) is 0 Å². The summed E-state index contributed by atoms with van der Waals surface area (Å²) in [5.74, 6) is 0.544. The third-order valence-electron chi connectivity index (χ3n) is 4.03. The molecule has 5 heteroatoms. The Bertz CT molecular complexity index is 659. The lowest BCUT2D eigenvalue weighted by Gasteiger charge is -2.14. The molecule has 0 amide bonds. The van der Waals surface area contributed by atoms with Gasteiger partial charge in [-0.25, -0.2) is 14.4 Å². The number of hydrogen-bond acceptors (Lipinski definition) is 2. The van der Waals surface area contributed by atoms with Crippen LogP contribution in [0.5, 0.6) is 0 Å². The second-order valence-electron chi connectivity index (χ2n) is 5.49. The van der Waals surface area contributed by atoms with Crippen molar-refractivity contribution < 1.29 is 4.39 Å². The molecule has 0 radical (unpaired) electrons. The Balaban J connectivity index is 2.03. The average Bonchev–Trinajstić information content (AvgIpc) is 2.95. The van der Waals surface area contributed by atoms with Crippen LogP contribution < -0.4 is 0 Å². The fourth-order valence-corrected chi connectivity index (χ4v) is 3.58. The normalized spacial score (nSPS) is 15.6. The minimum Gasteiger partial charge on any atom is -0.216 e. The summed E-state index contributed by atoms with van der Waals surface area (Å²) in [6.07, 6.45) is 4.54. The van der Waals surface area contributed by atoms with Gasteiger partial charge in [0.2, 0.25) is 0 Å². The molecule has 2 aromatic rings. The van der Waals surface area contributed by atoms with E-state index in [0.717, 1.165) is 24.0 Å². The number of halogens is 3. The maximum Gasteiger partial charge on any atom is 0.162 e. The first-order chi connectivity index (χ1) is 10.1. The van der Waals surface area contributed by atoms with Crippen LogP contribution in [-0.2, 0) is 0 Å². The topological polar surface area (TPSA) is 25.8 Å². The maximum atomic E-state index is 13.3. The van der Waals surface area contributed by atoms with E-state index in [-0.39, 0.29) is 5.82 Å². The average molecular weight is 325 g/mol. The lowest BCUT2D eigenvalue weighted by molar-refractivity contribution is 0.618. The third-order valence-corrected chi connectivity index (χ3v) is 4.61. The highest BCUT2D eigenvalue weighted by molar-refractivity contribution is 6.34. The SMILES string of the molecule is Cc1cc(-c2nc(Cl)c(C3CCCC3)c(Cl)n2)ccc1F. The van der Waals surface area contributed by atoms with Gasteiger partial charge in [-0.15, -0.1) is 0 Å². The lowest BCUT2D eigenvalue weighted by atomic mass is 10.0. The van der Waals surface area contributed by atoms with Gasteiger partial charge in [-0.3, -0.25) is 0 Å². The monoisotopic (exact) mass is 324 g/mol. The van der Waals surface area contributed by atoms with Crippen molar-refractivity contribution in [3.8, 4) is 11.4 Å². The van der Waals surface area contributed by atoms with E-state index in [1.807, 2.05) is 0 Å². The van der Waals surface area contributed by atoms with Gasteiger partial charge in [-0.1, -0.05) is 36.0 Å². The van der Waals surface area contributed by atoms with Crippen LogP contribution in [0.15, 0.2) is 18.2 Å². The second kappa shape index (κ2) is 5.90. The predicted molar refractivity (Wildman–Crippen MR) is 83.4 cm³/mol. The van der Waals surface area contributed by atoms with E-state index in [9.17, 15) is 4.39 Å². The number of rotatable bonds is 2. The third kappa shape index (κ3) is 2.90. The smallest absolute Gasteiger partial charge is 0.162 e. The van der Waals surface area contributed by atoms with E-state index in [1.54, 1.807) is 19.1 Å². The summed E-state index contributed by atoms with van der Waals surface area (Å²) in [5, 5.41) is 0.831. The number of aryl methyl sites for hydroxylation is 1. The number of aromatic nitrogens is 2. The maximum absolute atomic E-state index is 13.3. The first-order valence-corrected chi connectivity index (χ1v) is 7.81. The van der Waals surface area contributed by atoms with E-state index in [1.165, 1.54) is 18.9 Å². The van der Waals surface area contributed by atoms with Crippen LogP contribution in [-0.4, -0.2) is 9.97 Å². The number of benzene rings is 1. The lowest BCUT2D eigenvalue weighted by Crippen LogP contribution is -2.02. The molecule has 1 aliphatic rings. The van der Waals surface area contributed by atoms with Gasteiger partial charge in [-0.05, 0) is 49.4 Å². The highest BCUT2D eigenvalue weighted by atomic mass is 35.5. The Morgan fingerprint density at radius 1 is 1.10 bits per heavy atom. The molecule has 1 aromatic carbocycles. The molecule has 2 nitrogen and oxygen atoms in total. The van der Waals surface area contributed by atoms with Crippen molar-refractivity contribution in [2.75, 3.05) is 0 Å². The van der Waals surface area contributed by atoms with Crippen molar-refractivity contribution in [3.05, 3.63) is 45.4 Å². The van der Waals surface area contributed by atoms with Gasteiger partial charge in [0, 0.05) is 11.1 Å². The van der Waals surface area contributed by atoms with Gasteiger partial charge in [0.05, 0.1) is 0 Å². The van der Waals surface area contributed by atoms with Gasteiger partial charge in [0.15, 0.2) is 5.82 Å². The molecule has 0 N–H and O–H groups in total. The van der Waals surface area contributed by atoms with E-state index >= 15 is 0 Å². The minimum absolute atomic E-state index is 0.251. The van der Waals surface area contributed by atoms with Gasteiger partial charge in [0.25, 0.3) is 0 Å². The van der Waals surface area contributed by atoms with E-state index < -0.39 is 0 Å². The molecule has 0 unspecified atom stereocenters. The van der Waals surface area contributed by atoms with Crippen LogP contribution >= 0.6 is 23.2 Å². The second-order valence-corrected chi connectivity index (χ2v) is 6.20. The molecule has 1 aromatic heterocycles. The van der Waals surface area contributed by atoms with Gasteiger partial charge in [0.1, 0.15) is 16.1 Å². The summed E-state index contributed by atoms with van der Waals surface area (Å²) in [7, 11) is 0. The highest BCUT2D eigenvalue weighted by Crippen LogP contribution is 2.40. The van der Waals surface area contributed by atoms with Crippen LogP contribution in [0.4, 0.5) is 4.39 Å². The molecule has 0 bridgehead atoms. The fourth-order valence-electron chi connectivity index (χ4n) is 2.88. The summed E-state index contributed by atoms with van der Waals surface area (Å²) >= 11 is 12.7. The molecule has 1 saturated carbocycles. The highest BCUT2D eigenvalue weighted by Gasteiger charge is 2.24. The summed E-state index contributed by atoms with van der Waals surface area (Å²) in [5.41, 5.74) is 2.12. The molecule has 110 valence electrons. The predicted octanol–water partition coefficient (Wildman–Crippen LogP) is 5.56. The first kappa shape index (κ1) is 14.7. The summed E-state index contributed by atoms with van der Waals surface area (Å²) in [6.45, 7) is 1.70. The molecule has 1 heterocycles. The zero-order chi connectivity index (χ0) is 15.0. The molecule has 1 aliphatic carbocycles. The first-order valence-electron chi connectivity index (χ1n) is 7.05. The van der Waals surface area contributed by atoms with E-state index in [0.29, 0.717) is 27.6 Å². The fraction of sp³-hybridized carbons (Fsp3) is 0.375. The zero-order valence-electron chi connectivity index (χ0n) is 11.7. The van der Waals surface area contributed by atoms with Crippen molar-refractivity contribution in [3.63, 3.8) is 0 Å². The van der Waals surface area contributed by atoms with Crippen molar-refractivity contribution in [2.24, 2.45) is 0 Å². The molecule has 3 rings (SSSR count). The molecule has 0 aliphatic heterocycles. The molecular weight excluding hydrogens is 310 g/mol. The standard InChI is InChI=1S/C16H15Cl2FN2/c1-9-8-11(6-7-12(9)19)16-20-14(17)13(15(18)21-16)10-4-2-3-5-10/h6-8,10H,2-5H2,1H3. The van der Waals surface area contributed by atoms with Crippen LogP contribution in [0.25, 0.3) is 11.4 Å². The zero-order valence-corrected chi connectivity index (χ0v) is 13.2. The largest absolute Gasteiger partial charge is 0.216 e. The molecule has 1 fully saturated rings. The molecule has 0 atom stereocenters. The Morgan fingerprint density at radius 2 is 1.71 bits per heavy atom.